The van der Waals surface area contributed by atoms with Crippen molar-refractivity contribution in [2.24, 2.45) is 0 Å². The number of hydrogen-bond donors (Lipinski definition) is 1. The summed E-state index contributed by atoms with van der Waals surface area (Å²) in [7, 11) is 0. The molecule has 4 nitrogen and oxygen atoms in total. The van der Waals surface area contributed by atoms with Crippen molar-refractivity contribution < 1.29 is 19.4 Å². The zero-order valence-corrected chi connectivity index (χ0v) is 9.55. The highest BCUT2D eigenvalue weighted by Gasteiger charge is 2.04. The van der Waals surface area contributed by atoms with E-state index < -0.39 is 5.97 Å². The predicted octanol–water partition coefficient (Wildman–Crippen LogP) is 2.35. The van der Waals surface area contributed by atoms with Crippen LogP contribution < -0.4 is 0 Å². The highest BCUT2D eigenvalue weighted by molar-refractivity contribution is 5.89. The number of hydrogen-bond acceptors (Lipinski definition) is 3. The molecule has 1 rings (SSSR count). The van der Waals surface area contributed by atoms with Gasteiger partial charge in [0.2, 0.25) is 0 Å². The lowest BCUT2D eigenvalue weighted by Gasteiger charge is -2.01. The molecule has 0 aliphatic heterocycles. The molecule has 4 heteroatoms. The molecule has 0 saturated heterocycles. The number of ether oxygens (including phenoxy) is 1. The first-order valence-electron chi connectivity index (χ1n) is 5.29. The third kappa shape index (κ3) is 4.51. The van der Waals surface area contributed by atoms with Crippen molar-refractivity contribution in [3.05, 3.63) is 41.5 Å². The van der Waals surface area contributed by atoms with E-state index in [1.54, 1.807) is 43.3 Å². The van der Waals surface area contributed by atoms with Gasteiger partial charge in [0.15, 0.2) is 0 Å². The molecule has 0 radical (unpaired) electrons. The Kier molecular flexibility index (Phi) is 4.94. The van der Waals surface area contributed by atoms with E-state index >= 15 is 0 Å². The van der Waals surface area contributed by atoms with Crippen molar-refractivity contribution >= 4 is 18.0 Å². The quantitative estimate of drug-likeness (QED) is 0.794. The summed E-state index contributed by atoms with van der Waals surface area (Å²) in [4.78, 5) is 21.6. The van der Waals surface area contributed by atoms with Crippen LogP contribution in [0.2, 0.25) is 0 Å². The molecule has 1 aromatic carbocycles. The Morgan fingerprint density at radius 2 is 1.94 bits per heavy atom. The monoisotopic (exact) mass is 234 g/mol. The largest absolute Gasteiger partial charge is 0.481 e. The summed E-state index contributed by atoms with van der Waals surface area (Å²) in [5.74, 6) is -1.22. The number of aliphatic carboxylic acids is 1. The summed E-state index contributed by atoms with van der Waals surface area (Å²) in [6.07, 6.45) is 3.24. The van der Waals surface area contributed by atoms with Crippen molar-refractivity contribution in [1.29, 1.82) is 0 Å². The van der Waals surface area contributed by atoms with Gasteiger partial charge in [-0.2, -0.15) is 0 Å². The Morgan fingerprint density at radius 3 is 2.47 bits per heavy atom. The minimum absolute atomic E-state index is 0.0143. The molecule has 0 unspecified atom stereocenters. The number of carbonyl (C=O) groups is 2. The molecule has 0 aliphatic carbocycles. The van der Waals surface area contributed by atoms with Crippen molar-refractivity contribution in [1.82, 2.24) is 0 Å². The smallest absolute Gasteiger partial charge is 0.338 e. The SMILES string of the molecule is CCOC(=O)c1ccc(C=CCC(=O)O)cc1. The van der Waals surface area contributed by atoms with E-state index in [-0.39, 0.29) is 12.4 Å². The highest BCUT2D eigenvalue weighted by atomic mass is 16.5. The van der Waals surface area contributed by atoms with Crippen LogP contribution in [-0.2, 0) is 9.53 Å². The molecule has 0 spiro atoms. The molecule has 1 N–H and O–H groups in total. The fourth-order valence-electron chi connectivity index (χ4n) is 1.24. The molecule has 0 heterocycles. The maximum atomic E-state index is 11.3. The lowest BCUT2D eigenvalue weighted by atomic mass is 10.1. The second kappa shape index (κ2) is 6.48. The lowest BCUT2D eigenvalue weighted by Crippen LogP contribution is -2.03. The Bertz CT molecular complexity index is 418. The van der Waals surface area contributed by atoms with E-state index in [9.17, 15) is 9.59 Å². The van der Waals surface area contributed by atoms with Gasteiger partial charge in [-0.25, -0.2) is 4.79 Å². The Balaban J connectivity index is 2.64. The fraction of sp³-hybridized carbons (Fsp3) is 0.231. The maximum Gasteiger partial charge on any atom is 0.338 e. The topological polar surface area (TPSA) is 63.6 Å². The van der Waals surface area contributed by atoms with Crippen LogP contribution in [0.15, 0.2) is 30.3 Å². The average Bonchev–Trinajstić information content (AvgIpc) is 2.30. The lowest BCUT2D eigenvalue weighted by molar-refractivity contribution is -0.135. The van der Waals surface area contributed by atoms with Crippen molar-refractivity contribution in [3.63, 3.8) is 0 Å². The second-order valence-corrected chi connectivity index (χ2v) is 3.34. The highest BCUT2D eigenvalue weighted by Crippen LogP contribution is 2.08. The summed E-state index contributed by atoms with van der Waals surface area (Å²) in [6, 6.07) is 6.78. The molecular weight excluding hydrogens is 220 g/mol. The van der Waals surface area contributed by atoms with Crippen molar-refractivity contribution in [2.45, 2.75) is 13.3 Å². The predicted molar refractivity (Wildman–Crippen MR) is 63.7 cm³/mol. The van der Waals surface area contributed by atoms with Crippen LogP contribution in [-0.4, -0.2) is 23.7 Å². The standard InChI is InChI=1S/C13H14O4/c1-2-17-13(16)11-8-6-10(7-9-11)4-3-5-12(14)15/h3-4,6-9H,2,5H2,1H3,(H,14,15). The molecule has 0 saturated carbocycles. The minimum atomic E-state index is -0.871. The summed E-state index contributed by atoms with van der Waals surface area (Å²) in [6.45, 7) is 2.10. The van der Waals surface area contributed by atoms with Crippen LogP contribution in [0, 0.1) is 0 Å². The third-order valence-electron chi connectivity index (χ3n) is 2.02. The van der Waals surface area contributed by atoms with Gasteiger partial charge < -0.3 is 9.84 Å². The first kappa shape index (κ1) is 13.0. The van der Waals surface area contributed by atoms with Crippen LogP contribution in [0.3, 0.4) is 0 Å². The number of esters is 1. The van der Waals surface area contributed by atoms with Gasteiger partial charge >= 0.3 is 11.9 Å². The van der Waals surface area contributed by atoms with Crippen LogP contribution in [0.4, 0.5) is 0 Å². The number of benzene rings is 1. The maximum absolute atomic E-state index is 11.3. The molecule has 0 bridgehead atoms. The summed E-state index contributed by atoms with van der Waals surface area (Å²) in [5, 5.41) is 8.46. The van der Waals surface area contributed by atoms with Gasteiger partial charge in [0, 0.05) is 0 Å². The number of carboxylic acids is 1. The molecule has 0 amide bonds. The molecule has 0 aromatic heterocycles. The Morgan fingerprint density at radius 1 is 1.29 bits per heavy atom. The second-order valence-electron chi connectivity index (χ2n) is 3.34. The Hall–Kier alpha value is -2.10. The van der Waals surface area contributed by atoms with Gasteiger partial charge in [-0.1, -0.05) is 24.3 Å². The summed E-state index contributed by atoms with van der Waals surface area (Å²) < 4.78 is 4.85. The molecule has 0 atom stereocenters. The number of carbonyl (C=O) groups excluding carboxylic acids is 1. The van der Waals surface area contributed by atoms with Crippen LogP contribution in [0.1, 0.15) is 29.3 Å². The summed E-state index contributed by atoms with van der Waals surface area (Å²) >= 11 is 0. The van der Waals surface area contributed by atoms with Crippen LogP contribution >= 0.6 is 0 Å². The van der Waals surface area contributed by atoms with Crippen LogP contribution in [0.25, 0.3) is 6.08 Å². The number of carboxylic acid groups (broad SMARTS) is 1. The zero-order valence-electron chi connectivity index (χ0n) is 9.55. The van der Waals surface area contributed by atoms with E-state index in [0.29, 0.717) is 12.2 Å². The van der Waals surface area contributed by atoms with Gasteiger partial charge in [-0.15, -0.1) is 0 Å². The van der Waals surface area contributed by atoms with E-state index in [0.717, 1.165) is 5.56 Å². The summed E-state index contributed by atoms with van der Waals surface area (Å²) in [5.41, 5.74) is 1.33. The molecule has 1 aromatic rings. The van der Waals surface area contributed by atoms with Gasteiger partial charge in [0.05, 0.1) is 18.6 Å². The first-order valence-corrected chi connectivity index (χ1v) is 5.29. The van der Waals surface area contributed by atoms with Gasteiger partial charge in [0.25, 0.3) is 0 Å². The fourth-order valence-corrected chi connectivity index (χ4v) is 1.24. The minimum Gasteiger partial charge on any atom is -0.481 e. The molecule has 0 aliphatic rings. The zero-order chi connectivity index (χ0) is 12.7. The molecular formula is C13H14O4. The first-order chi connectivity index (χ1) is 8.13. The molecule has 17 heavy (non-hydrogen) atoms. The van der Waals surface area contributed by atoms with E-state index in [4.69, 9.17) is 9.84 Å². The normalized spacial score (nSPS) is 10.4. The van der Waals surface area contributed by atoms with Gasteiger partial charge in [-0.05, 0) is 24.6 Å². The number of rotatable bonds is 5. The van der Waals surface area contributed by atoms with Crippen molar-refractivity contribution in [3.8, 4) is 0 Å². The third-order valence-corrected chi connectivity index (χ3v) is 2.02. The van der Waals surface area contributed by atoms with E-state index in [1.165, 1.54) is 0 Å². The molecule has 90 valence electrons. The molecule has 0 fully saturated rings. The van der Waals surface area contributed by atoms with E-state index in [2.05, 4.69) is 0 Å². The van der Waals surface area contributed by atoms with Crippen LogP contribution in [0.5, 0.6) is 0 Å². The van der Waals surface area contributed by atoms with Gasteiger partial charge in [-0.3, -0.25) is 4.79 Å². The Labute approximate surface area is 99.5 Å². The van der Waals surface area contributed by atoms with Gasteiger partial charge in [0.1, 0.15) is 0 Å². The van der Waals surface area contributed by atoms with E-state index in [1.807, 2.05) is 0 Å². The average molecular weight is 234 g/mol. The van der Waals surface area contributed by atoms with Crippen molar-refractivity contribution in [2.75, 3.05) is 6.61 Å².